The smallest absolute Gasteiger partial charge is 0.0737 e. The van der Waals surface area contributed by atoms with Crippen LogP contribution in [0.25, 0.3) is 16.7 Å². The fraction of sp³-hybridized carbons (Fsp3) is 0.0976. The Kier molecular flexibility index (Phi) is 7.28. The van der Waals surface area contributed by atoms with Crippen LogP contribution in [0, 0.1) is 0 Å². The van der Waals surface area contributed by atoms with Gasteiger partial charge in [0.15, 0.2) is 0 Å². The van der Waals surface area contributed by atoms with E-state index < -0.39 is 0 Å². The Morgan fingerprint density at radius 3 is 1.60 bits per heavy atom. The summed E-state index contributed by atoms with van der Waals surface area (Å²) in [5, 5.41) is 10.1. The zero-order chi connectivity index (χ0) is 30.0. The molecule has 4 aliphatic heterocycles. The van der Waals surface area contributed by atoms with E-state index in [-0.39, 0.29) is 24.2 Å². The second-order valence-electron chi connectivity index (χ2n) is 11.7. The number of aromatic nitrogens is 1. The molecule has 4 aliphatic rings. The first-order valence-electron chi connectivity index (χ1n) is 15.6. The number of nitrogens with zero attached hydrogens (tertiary/aromatic N) is 1. The van der Waals surface area contributed by atoms with Gasteiger partial charge in [0.05, 0.1) is 23.5 Å². The molecule has 4 nitrogen and oxygen atoms in total. The number of aliphatic imine (C=N–C) groups is 1. The molecule has 1 aromatic heterocycles. The van der Waals surface area contributed by atoms with Crippen molar-refractivity contribution in [3.05, 3.63) is 197 Å². The van der Waals surface area contributed by atoms with Gasteiger partial charge in [0.2, 0.25) is 0 Å². The van der Waals surface area contributed by atoms with Crippen molar-refractivity contribution in [2.45, 2.75) is 24.2 Å². The predicted octanol–water partition coefficient (Wildman–Crippen LogP) is 5.75. The molecule has 0 fully saturated rings. The van der Waals surface area contributed by atoms with Gasteiger partial charge in [-0.25, -0.2) is 4.99 Å². The molecule has 5 heterocycles. The number of rotatable bonds is 3. The van der Waals surface area contributed by atoms with Crippen LogP contribution in [0.5, 0.6) is 0 Å². The average Bonchev–Trinajstić information content (AvgIpc) is 3.60. The first kappa shape index (κ1) is 27.3. The molecule has 0 radical (unpaired) electrons. The number of H-pyrrole nitrogens is 1. The molecule has 4 heteroatoms. The van der Waals surface area contributed by atoms with Crippen LogP contribution in [0.4, 0.5) is 0 Å². The third-order valence-electron chi connectivity index (χ3n) is 8.87. The largest absolute Gasteiger partial charge is 0.355 e. The van der Waals surface area contributed by atoms with E-state index in [1.807, 2.05) is 0 Å². The molecule has 0 spiro atoms. The van der Waals surface area contributed by atoms with Gasteiger partial charge in [0, 0.05) is 39.5 Å². The molecule has 4 unspecified atom stereocenters. The third kappa shape index (κ3) is 5.35. The lowest BCUT2D eigenvalue weighted by atomic mass is 9.94. The van der Waals surface area contributed by atoms with E-state index in [1.165, 1.54) is 11.1 Å². The van der Waals surface area contributed by atoms with Crippen LogP contribution in [0.1, 0.15) is 16.7 Å². The van der Waals surface area contributed by atoms with Crippen LogP contribution in [0.3, 0.4) is 0 Å². The summed E-state index contributed by atoms with van der Waals surface area (Å²) in [5.41, 5.74) is 8.80. The maximum Gasteiger partial charge on any atom is 0.0737 e. The monoisotopic (exact) mass is 582 g/mol. The predicted molar refractivity (Wildman–Crippen MR) is 186 cm³/mol. The molecule has 218 valence electrons. The Bertz CT molecular complexity index is 2050. The van der Waals surface area contributed by atoms with E-state index in [0.29, 0.717) is 0 Å². The summed E-state index contributed by atoms with van der Waals surface area (Å²) in [7, 11) is 0. The van der Waals surface area contributed by atoms with Gasteiger partial charge >= 0.3 is 0 Å². The standard InChI is InChI=1S/C41H34N4/c1-4-14-28(15-5-1)39-33-22-12-10-20-31(42-33)32-21-11-13-23-34(43-32)40(29-16-6-2-7-17-29)36-25-27-38(45-36)41(30-18-8-3-9-19-30)37-26-24-35(39)44-37/h1-27,31-34,42-44H/b39-35-,40-36-,41-37-. The maximum absolute atomic E-state index is 5.37. The molecule has 3 aromatic carbocycles. The lowest BCUT2D eigenvalue weighted by Gasteiger charge is -2.31. The van der Waals surface area contributed by atoms with Gasteiger partial charge in [-0.1, -0.05) is 140 Å². The van der Waals surface area contributed by atoms with Crippen molar-refractivity contribution in [1.82, 2.24) is 15.6 Å². The summed E-state index contributed by atoms with van der Waals surface area (Å²) in [5.74, 6) is 0. The van der Waals surface area contributed by atoms with Crippen LogP contribution < -0.4 is 21.3 Å². The minimum absolute atomic E-state index is 0.0320. The Labute approximate surface area is 263 Å². The van der Waals surface area contributed by atoms with Gasteiger partial charge in [-0.15, -0.1) is 0 Å². The Morgan fingerprint density at radius 2 is 0.978 bits per heavy atom. The lowest BCUT2D eigenvalue weighted by Crippen LogP contribution is -2.52. The molecule has 45 heavy (non-hydrogen) atoms. The van der Waals surface area contributed by atoms with E-state index in [9.17, 15) is 0 Å². The van der Waals surface area contributed by atoms with Crippen molar-refractivity contribution in [3.8, 4) is 0 Å². The van der Waals surface area contributed by atoms with Crippen molar-refractivity contribution >= 4 is 22.4 Å². The minimum atomic E-state index is -0.0561. The third-order valence-corrected chi connectivity index (χ3v) is 8.87. The fourth-order valence-corrected chi connectivity index (χ4v) is 6.78. The first-order valence-corrected chi connectivity index (χ1v) is 15.6. The quantitative estimate of drug-likeness (QED) is 0.288. The number of hydrogen-bond acceptors (Lipinski definition) is 3. The van der Waals surface area contributed by atoms with Gasteiger partial charge in [-0.2, -0.15) is 0 Å². The van der Waals surface area contributed by atoms with Crippen LogP contribution in [0.2, 0.25) is 0 Å². The SMILES string of the molecule is C1=CC2NC(C=C1)C1C=CC=CC(N1)/C(c1ccccc1)=c1/cc/c([nH]1)=C(\c1ccccc1)C1=N/C(=C\2c2ccccc2)C=C1. The fourth-order valence-electron chi connectivity index (χ4n) is 6.78. The lowest BCUT2D eigenvalue weighted by molar-refractivity contribution is 0.468. The van der Waals surface area contributed by atoms with Gasteiger partial charge in [-0.05, 0) is 41.0 Å². The van der Waals surface area contributed by atoms with Gasteiger partial charge < -0.3 is 4.98 Å². The summed E-state index contributed by atoms with van der Waals surface area (Å²) in [6, 6.07) is 36.3. The molecule has 0 saturated carbocycles. The first-order chi connectivity index (χ1) is 22.3. The zero-order valence-electron chi connectivity index (χ0n) is 24.8. The summed E-state index contributed by atoms with van der Waals surface area (Å²) < 4.78 is 0. The zero-order valence-corrected chi connectivity index (χ0v) is 24.8. The molecular weight excluding hydrogens is 548 g/mol. The molecule has 0 aliphatic carbocycles. The highest BCUT2D eigenvalue weighted by Crippen LogP contribution is 2.31. The summed E-state index contributed by atoms with van der Waals surface area (Å²) in [6.07, 6.45) is 22.0. The normalized spacial score (nSPS) is 27.8. The highest BCUT2D eigenvalue weighted by Gasteiger charge is 2.29. The maximum atomic E-state index is 5.37. The molecule has 8 rings (SSSR count). The van der Waals surface area contributed by atoms with E-state index in [2.05, 4.69) is 180 Å². The van der Waals surface area contributed by atoms with Gasteiger partial charge in [-0.3, -0.25) is 10.6 Å². The van der Waals surface area contributed by atoms with E-state index >= 15 is 0 Å². The van der Waals surface area contributed by atoms with Crippen molar-refractivity contribution in [2.75, 3.05) is 0 Å². The summed E-state index contributed by atoms with van der Waals surface area (Å²) in [4.78, 5) is 9.22. The Balaban J connectivity index is 1.45. The van der Waals surface area contributed by atoms with Gasteiger partial charge in [0.1, 0.15) is 0 Å². The Hall–Kier alpha value is -5.29. The number of allylic oxidation sites excluding steroid dienone is 6. The number of benzene rings is 3. The number of hydrogen-bond donors (Lipinski definition) is 3. The number of fused-ring (bicyclic) bond motifs is 8. The summed E-state index contributed by atoms with van der Waals surface area (Å²) in [6.45, 7) is 0. The average molecular weight is 583 g/mol. The topological polar surface area (TPSA) is 52.2 Å². The van der Waals surface area contributed by atoms with Crippen molar-refractivity contribution in [2.24, 2.45) is 4.99 Å². The van der Waals surface area contributed by atoms with E-state index in [1.54, 1.807) is 0 Å². The Morgan fingerprint density at radius 1 is 0.467 bits per heavy atom. The van der Waals surface area contributed by atoms with Gasteiger partial charge in [0.25, 0.3) is 0 Å². The van der Waals surface area contributed by atoms with Crippen molar-refractivity contribution in [3.63, 3.8) is 0 Å². The number of nitrogens with one attached hydrogen (secondary N) is 3. The van der Waals surface area contributed by atoms with Crippen LogP contribution in [0.15, 0.2) is 175 Å². The van der Waals surface area contributed by atoms with E-state index in [0.717, 1.165) is 44.4 Å². The molecule has 3 N–H and O–H groups in total. The van der Waals surface area contributed by atoms with Crippen molar-refractivity contribution in [1.29, 1.82) is 0 Å². The summed E-state index contributed by atoms with van der Waals surface area (Å²) >= 11 is 0. The molecule has 0 amide bonds. The van der Waals surface area contributed by atoms with Crippen LogP contribution in [-0.2, 0) is 0 Å². The molecule has 4 aromatic rings. The second kappa shape index (κ2) is 12.0. The van der Waals surface area contributed by atoms with Crippen molar-refractivity contribution < 1.29 is 0 Å². The molecular formula is C41H34N4. The van der Waals surface area contributed by atoms with Crippen LogP contribution >= 0.6 is 0 Å². The van der Waals surface area contributed by atoms with Crippen LogP contribution in [-0.4, -0.2) is 34.9 Å². The highest BCUT2D eigenvalue weighted by atomic mass is 15.1. The second-order valence-corrected chi connectivity index (χ2v) is 11.7. The molecule has 8 bridgehead atoms. The molecule has 0 saturated heterocycles. The molecule has 4 atom stereocenters. The minimum Gasteiger partial charge on any atom is -0.355 e. The number of aromatic amines is 1. The van der Waals surface area contributed by atoms with E-state index in [4.69, 9.17) is 4.99 Å². The highest BCUT2D eigenvalue weighted by molar-refractivity contribution is 6.30.